The van der Waals surface area contributed by atoms with Crippen LogP contribution in [-0.4, -0.2) is 15.8 Å². The molecule has 0 aliphatic heterocycles. The molecule has 0 radical (unpaired) electrons. The largest absolute Gasteiger partial charge is 0.382 e. The summed E-state index contributed by atoms with van der Waals surface area (Å²) >= 11 is 0. The Bertz CT molecular complexity index is 276. The molecule has 0 atom stereocenters. The summed E-state index contributed by atoms with van der Waals surface area (Å²) in [4.78, 5) is 0. The lowest BCUT2D eigenvalue weighted by Crippen LogP contribution is -2.27. The summed E-state index contributed by atoms with van der Waals surface area (Å²) in [6.07, 6.45) is 4.26. The minimum atomic E-state index is 0.578. The van der Waals surface area contributed by atoms with E-state index in [1.54, 1.807) is 4.68 Å². The minimum absolute atomic E-state index is 0.578. The van der Waals surface area contributed by atoms with Gasteiger partial charge in [-0.25, -0.2) is 0 Å². The highest BCUT2D eigenvalue weighted by atomic mass is 15.3. The van der Waals surface area contributed by atoms with Crippen molar-refractivity contribution in [2.75, 3.05) is 5.73 Å². The Balaban J connectivity index is 2.48. The SMILES string of the molecule is CCC(CC)NCc1cn(C)nc1N. The van der Waals surface area contributed by atoms with Gasteiger partial charge in [0.25, 0.3) is 0 Å². The van der Waals surface area contributed by atoms with Crippen molar-refractivity contribution in [3.63, 3.8) is 0 Å². The molecule has 1 aromatic rings. The highest BCUT2D eigenvalue weighted by molar-refractivity contribution is 5.36. The number of nitrogens with one attached hydrogen (secondary N) is 1. The summed E-state index contributed by atoms with van der Waals surface area (Å²) in [6, 6.07) is 0.578. The number of hydrogen-bond donors (Lipinski definition) is 2. The van der Waals surface area contributed by atoms with Crippen LogP contribution in [0.4, 0.5) is 5.82 Å². The van der Waals surface area contributed by atoms with Gasteiger partial charge in [-0.05, 0) is 12.8 Å². The summed E-state index contributed by atoms with van der Waals surface area (Å²) in [7, 11) is 1.89. The van der Waals surface area contributed by atoms with E-state index >= 15 is 0 Å². The first kappa shape index (κ1) is 11.0. The van der Waals surface area contributed by atoms with E-state index in [1.807, 2.05) is 13.2 Å². The molecule has 0 fully saturated rings. The molecule has 0 spiro atoms. The van der Waals surface area contributed by atoms with Gasteiger partial charge in [0.2, 0.25) is 0 Å². The van der Waals surface area contributed by atoms with Gasteiger partial charge in [0.05, 0.1) is 0 Å². The molecule has 4 nitrogen and oxygen atoms in total. The van der Waals surface area contributed by atoms with Crippen LogP contribution in [0.5, 0.6) is 0 Å². The van der Waals surface area contributed by atoms with E-state index in [-0.39, 0.29) is 0 Å². The second-order valence-electron chi connectivity index (χ2n) is 3.61. The normalized spacial score (nSPS) is 11.1. The molecule has 0 saturated carbocycles. The van der Waals surface area contributed by atoms with E-state index in [4.69, 9.17) is 5.73 Å². The zero-order chi connectivity index (χ0) is 10.6. The van der Waals surface area contributed by atoms with Crippen LogP contribution in [0.3, 0.4) is 0 Å². The van der Waals surface area contributed by atoms with Crippen molar-refractivity contribution in [2.45, 2.75) is 39.3 Å². The van der Waals surface area contributed by atoms with Crippen LogP contribution in [-0.2, 0) is 13.6 Å². The first-order chi connectivity index (χ1) is 6.67. The Kier molecular flexibility index (Phi) is 3.95. The Hall–Kier alpha value is -1.03. The first-order valence-corrected chi connectivity index (χ1v) is 5.18. The number of nitrogen functional groups attached to an aromatic ring is 1. The van der Waals surface area contributed by atoms with Gasteiger partial charge in [0, 0.05) is 31.4 Å². The van der Waals surface area contributed by atoms with Gasteiger partial charge in [0.1, 0.15) is 5.82 Å². The van der Waals surface area contributed by atoms with Crippen molar-refractivity contribution >= 4 is 5.82 Å². The number of anilines is 1. The van der Waals surface area contributed by atoms with Gasteiger partial charge in [0.15, 0.2) is 0 Å². The highest BCUT2D eigenvalue weighted by Crippen LogP contribution is 2.08. The van der Waals surface area contributed by atoms with Gasteiger partial charge >= 0.3 is 0 Å². The predicted molar refractivity (Wildman–Crippen MR) is 58.8 cm³/mol. The van der Waals surface area contributed by atoms with Crippen molar-refractivity contribution in [2.24, 2.45) is 7.05 Å². The maximum Gasteiger partial charge on any atom is 0.149 e. The van der Waals surface area contributed by atoms with Crippen molar-refractivity contribution < 1.29 is 0 Å². The number of nitrogens with two attached hydrogens (primary N) is 1. The van der Waals surface area contributed by atoms with E-state index in [0.717, 1.165) is 24.9 Å². The fourth-order valence-corrected chi connectivity index (χ4v) is 1.52. The maximum absolute atomic E-state index is 5.74. The van der Waals surface area contributed by atoms with Gasteiger partial charge < -0.3 is 11.1 Å². The monoisotopic (exact) mass is 196 g/mol. The summed E-state index contributed by atoms with van der Waals surface area (Å²) < 4.78 is 1.75. The Morgan fingerprint density at radius 1 is 1.50 bits per heavy atom. The number of rotatable bonds is 5. The third-order valence-electron chi connectivity index (χ3n) is 2.50. The lowest BCUT2D eigenvalue weighted by atomic mass is 10.1. The molecule has 0 amide bonds. The number of aromatic nitrogens is 2. The molecular formula is C10H20N4. The van der Waals surface area contributed by atoms with Gasteiger partial charge in [-0.1, -0.05) is 13.8 Å². The van der Waals surface area contributed by atoms with Gasteiger partial charge in [-0.3, -0.25) is 4.68 Å². The molecule has 3 N–H and O–H groups in total. The predicted octanol–water partition coefficient (Wildman–Crippen LogP) is 1.28. The fourth-order valence-electron chi connectivity index (χ4n) is 1.52. The molecule has 14 heavy (non-hydrogen) atoms. The van der Waals surface area contributed by atoms with Gasteiger partial charge in [-0.2, -0.15) is 5.10 Å². The summed E-state index contributed by atoms with van der Waals surface area (Å²) in [5.74, 6) is 0.631. The molecule has 0 unspecified atom stereocenters. The molecule has 1 aromatic heterocycles. The van der Waals surface area contributed by atoms with Crippen LogP contribution in [0, 0.1) is 0 Å². The van der Waals surface area contributed by atoms with E-state index in [1.165, 1.54) is 0 Å². The number of aryl methyl sites for hydroxylation is 1. The van der Waals surface area contributed by atoms with Crippen LogP contribution >= 0.6 is 0 Å². The zero-order valence-corrected chi connectivity index (χ0v) is 9.25. The van der Waals surface area contributed by atoms with Gasteiger partial charge in [-0.15, -0.1) is 0 Å². The average Bonchev–Trinajstić information content (AvgIpc) is 2.47. The molecule has 0 aliphatic rings. The molecule has 0 saturated heterocycles. The molecule has 1 rings (SSSR count). The Morgan fingerprint density at radius 2 is 2.14 bits per heavy atom. The second-order valence-corrected chi connectivity index (χ2v) is 3.61. The average molecular weight is 196 g/mol. The van der Waals surface area contributed by atoms with Crippen LogP contribution in [0.2, 0.25) is 0 Å². The number of hydrogen-bond acceptors (Lipinski definition) is 3. The molecule has 0 aliphatic carbocycles. The standard InChI is InChI=1S/C10H20N4/c1-4-9(5-2)12-6-8-7-14(3)13-10(8)11/h7,9,12H,4-6H2,1-3H3,(H2,11,13). The van der Waals surface area contributed by atoms with Crippen molar-refractivity contribution in [1.82, 2.24) is 15.1 Å². The third kappa shape index (κ3) is 2.73. The minimum Gasteiger partial charge on any atom is -0.382 e. The van der Waals surface area contributed by atoms with E-state index in [0.29, 0.717) is 11.9 Å². The fraction of sp³-hybridized carbons (Fsp3) is 0.700. The second kappa shape index (κ2) is 5.00. The van der Waals surface area contributed by atoms with Crippen LogP contribution in [0.25, 0.3) is 0 Å². The van der Waals surface area contributed by atoms with E-state index in [2.05, 4.69) is 24.3 Å². The van der Waals surface area contributed by atoms with E-state index < -0.39 is 0 Å². The van der Waals surface area contributed by atoms with Crippen LogP contribution in [0.1, 0.15) is 32.3 Å². The van der Waals surface area contributed by atoms with Crippen molar-refractivity contribution in [3.8, 4) is 0 Å². The third-order valence-corrected chi connectivity index (χ3v) is 2.50. The first-order valence-electron chi connectivity index (χ1n) is 5.18. The lowest BCUT2D eigenvalue weighted by Gasteiger charge is -2.13. The maximum atomic E-state index is 5.74. The lowest BCUT2D eigenvalue weighted by molar-refractivity contribution is 0.484. The summed E-state index contributed by atoms with van der Waals surface area (Å²) in [6.45, 7) is 5.19. The topological polar surface area (TPSA) is 55.9 Å². The van der Waals surface area contributed by atoms with Crippen LogP contribution in [0.15, 0.2) is 6.20 Å². The highest BCUT2D eigenvalue weighted by Gasteiger charge is 2.06. The zero-order valence-electron chi connectivity index (χ0n) is 9.25. The van der Waals surface area contributed by atoms with E-state index in [9.17, 15) is 0 Å². The molecule has 0 bridgehead atoms. The quantitative estimate of drug-likeness (QED) is 0.746. The van der Waals surface area contributed by atoms with Crippen molar-refractivity contribution in [3.05, 3.63) is 11.8 Å². The Morgan fingerprint density at radius 3 is 2.57 bits per heavy atom. The molecule has 1 heterocycles. The molecule has 4 heteroatoms. The van der Waals surface area contributed by atoms with Crippen molar-refractivity contribution in [1.29, 1.82) is 0 Å². The molecular weight excluding hydrogens is 176 g/mol. The van der Waals surface area contributed by atoms with Crippen LogP contribution < -0.4 is 11.1 Å². The molecule has 80 valence electrons. The Labute approximate surface area is 85.5 Å². The number of nitrogens with zero attached hydrogens (tertiary/aromatic N) is 2. The molecule has 0 aromatic carbocycles. The summed E-state index contributed by atoms with van der Waals surface area (Å²) in [5, 5.41) is 7.55. The summed E-state index contributed by atoms with van der Waals surface area (Å²) in [5.41, 5.74) is 6.82. The smallest absolute Gasteiger partial charge is 0.149 e.